The molecule has 3 heterocycles. The fraction of sp³-hybridized carbons (Fsp3) is 0.652. The Morgan fingerprint density at radius 3 is 2.05 bits per heavy atom. The maximum absolute atomic E-state index is 12.3. The number of pyridine rings is 1. The molecule has 4 rings (SSSR count). The first kappa shape index (κ1) is 31.3. The van der Waals surface area contributed by atoms with Crippen molar-refractivity contribution in [3.05, 3.63) is 30.1 Å². The van der Waals surface area contributed by atoms with Gasteiger partial charge in [-0.1, -0.05) is 6.07 Å². The first-order chi connectivity index (χ1) is 17.6. The normalized spacial score (nSPS) is 20.9. The average Bonchev–Trinajstić information content (AvgIpc) is 3.58. The van der Waals surface area contributed by atoms with E-state index >= 15 is 0 Å². The molecule has 2 aliphatic heterocycles. The van der Waals surface area contributed by atoms with Crippen molar-refractivity contribution in [2.24, 2.45) is 11.8 Å². The van der Waals surface area contributed by atoms with E-state index < -0.39 is 24.3 Å². The Hall–Kier alpha value is -2.94. The highest BCUT2D eigenvalue weighted by atomic mass is 19.4. The van der Waals surface area contributed by atoms with Crippen LogP contribution in [-0.4, -0.2) is 82.1 Å². The lowest BCUT2D eigenvalue weighted by atomic mass is 9.85. The summed E-state index contributed by atoms with van der Waals surface area (Å²) in [5, 5.41) is 17.4. The summed E-state index contributed by atoms with van der Waals surface area (Å²) < 4.78 is 69.6. The molecule has 1 atom stereocenters. The zero-order valence-corrected chi connectivity index (χ0v) is 20.2. The Kier molecular flexibility index (Phi) is 10.9. The Labute approximate surface area is 214 Å². The fourth-order valence-corrected chi connectivity index (χ4v) is 3.94. The van der Waals surface area contributed by atoms with Crippen molar-refractivity contribution in [1.82, 2.24) is 15.2 Å². The molecule has 1 spiro atoms. The SMILES string of the molecule is O=C(NCC1CC1)C1COC2(CCN(Cc3cccnc3)CC2)C1.O=C(O)C(F)(F)F.O=C(O)C(F)(F)F. The Morgan fingerprint density at radius 1 is 1.05 bits per heavy atom. The number of amides is 1. The van der Waals surface area contributed by atoms with Crippen molar-refractivity contribution in [2.75, 3.05) is 26.2 Å². The van der Waals surface area contributed by atoms with Crippen molar-refractivity contribution in [2.45, 2.75) is 56.6 Å². The van der Waals surface area contributed by atoms with Gasteiger partial charge in [0.05, 0.1) is 18.1 Å². The molecule has 3 fully saturated rings. The van der Waals surface area contributed by atoms with Gasteiger partial charge < -0.3 is 20.3 Å². The summed E-state index contributed by atoms with van der Waals surface area (Å²) in [6.45, 7) is 4.48. The smallest absolute Gasteiger partial charge is 0.475 e. The molecule has 1 amide bonds. The zero-order valence-electron chi connectivity index (χ0n) is 20.2. The number of rotatable bonds is 5. The second-order valence-corrected chi connectivity index (χ2v) is 9.33. The van der Waals surface area contributed by atoms with E-state index in [1.807, 2.05) is 18.5 Å². The third kappa shape index (κ3) is 10.8. The minimum Gasteiger partial charge on any atom is -0.475 e. The number of carbonyl (C=O) groups excluding carboxylic acids is 1. The first-order valence-corrected chi connectivity index (χ1v) is 11.7. The topological polar surface area (TPSA) is 129 Å². The minimum absolute atomic E-state index is 0.0497. The summed E-state index contributed by atoms with van der Waals surface area (Å²) in [7, 11) is 0. The lowest BCUT2D eigenvalue weighted by molar-refractivity contribution is -0.193. The molecule has 0 bridgehead atoms. The molecule has 2 saturated heterocycles. The molecule has 1 aliphatic carbocycles. The molecular weight excluding hydrogens is 528 g/mol. The number of nitrogens with zero attached hydrogens (tertiary/aromatic N) is 2. The zero-order chi connectivity index (χ0) is 28.6. The molecule has 15 heteroatoms. The Balaban J connectivity index is 0.000000301. The molecule has 38 heavy (non-hydrogen) atoms. The van der Waals surface area contributed by atoms with Crippen LogP contribution in [0, 0.1) is 11.8 Å². The van der Waals surface area contributed by atoms with Crippen LogP contribution < -0.4 is 5.32 Å². The number of aromatic nitrogens is 1. The Bertz CT molecular complexity index is 908. The van der Waals surface area contributed by atoms with Crippen LogP contribution in [0.4, 0.5) is 26.3 Å². The average molecular weight is 557 g/mol. The van der Waals surface area contributed by atoms with Crippen LogP contribution in [0.2, 0.25) is 0 Å². The molecule has 214 valence electrons. The van der Waals surface area contributed by atoms with Gasteiger partial charge in [0.15, 0.2) is 0 Å². The van der Waals surface area contributed by atoms with Crippen molar-refractivity contribution in [1.29, 1.82) is 0 Å². The number of carboxylic acids is 2. The predicted octanol–water partition coefficient (Wildman–Crippen LogP) is 3.25. The van der Waals surface area contributed by atoms with Crippen molar-refractivity contribution < 1.29 is 55.7 Å². The predicted molar refractivity (Wildman–Crippen MR) is 119 cm³/mol. The van der Waals surface area contributed by atoms with Gasteiger partial charge in [0.25, 0.3) is 0 Å². The molecule has 3 N–H and O–H groups in total. The number of hydrogen-bond donors (Lipinski definition) is 3. The number of piperidine rings is 1. The molecule has 1 aromatic rings. The van der Waals surface area contributed by atoms with E-state index in [1.165, 1.54) is 18.4 Å². The molecule has 9 nitrogen and oxygen atoms in total. The van der Waals surface area contributed by atoms with Crippen LogP contribution in [0.5, 0.6) is 0 Å². The molecule has 1 aromatic heterocycles. The van der Waals surface area contributed by atoms with E-state index in [2.05, 4.69) is 21.3 Å². The van der Waals surface area contributed by atoms with Gasteiger partial charge in [-0.25, -0.2) is 9.59 Å². The van der Waals surface area contributed by atoms with Crippen LogP contribution in [0.1, 0.15) is 37.7 Å². The van der Waals surface area contributed by atoms with Crippen molar-refractivity contribution >= 4 is 17.8 Å². The number of carboxylic acid groups (broad SMARTS) is 2. The van der Waals surface area contributed by atoms with Crippen LogP contribution in [-0.2, 0) is 25.7 Å². The maximum atomic E-state index is 12.3. The number of ether oxygens (including phenoxy) is 1. The van der Waals surface area contributed by atoms with Crippen molar-refractivity contribution in [3.63, 3.8) is 0 Å². The molecule has 1 unspecified atom stereocenters. The molecule has 1 saturated carbocycles. The highest BCUT2D eigenvalue weighted by Crippen LogP contribution is 2.39. The number of alkyl halides is 6. The quantitative estimate of drug-likeness (QED) is 0.471. The number of hydrogen-bond acceptors (Lipinski definition) is 6. The highest BCUT2D eigenvalue weighted by molar-refractivity contribution is 5.79. The maximum Gasteiger partial charge on any atom is 0.490 e. The monoisotopic (exact) mass is 557 g/mol. The van der Waals surface area contributed by atoms with E-state index in [4.69, 9.17) is 24.5 Å². The van der Waals surface area contributed by atoms with Gasteiger partial charge in [0.1, 0.15) is 0 Å². The van der Waals surface area contributed by atoms with E-state index in [0.29, 0.717) is 6.61 Å². The number of halogens is 6. The summed E-state index contributed by atoms with van der Waals surface area (Å²) in [4.78, 5) is 36.7. The lowest BCUT2D eigenvalue weighted by Gasteiger charge is -2.38. The second kappa shape index (κ2) is 13.2. The fourth-order valence-electron chi connectivity index (χ4n) is 3.94. The van der Waals surface area contributed by atoms with Crippen LogP contribution in [0.25, 0.3) is 0 Å². The molecule has 3 aliphatic rings. The van der Waals surface area contributed by atoms with Gasteiger partial charge in [-0.3, -0.25) is 14.7 Å². The minimum atomic E-state index is -5.08. The summed E-state index contributed by atoms with van der Waals surface area (Å²) in [6, 6.07) is 4.12. The Morgan fingerprint density at radius 2 is 1.61 bits per heavy atom. The van der Waals surface area contributed by atoms with E-state index in [0.717, 1.165) is 51.4 Å². The van der Waals surface area contributed by atoms with Gasteiger partial charge in [0, 0.05) is 38.6 Å². The van der Waals surface area contributed by atoms with E-state index in [9.17, 15) is 31.1 Å². The van der Waals surface area contributed by atoms with Gasteiger partial charge in [-0.05, 0) is 49.7 Å². The van der Waals surface area contributed by atoms with Crippen LogP contribution >= 0.6 is 0 Å². The summed E-state index contributed by atoms with van der Waals surface area (Å²) in [6.07, 6.45) is -0.911. The first-order valence-electron chi connectivity index (χ1n) is 11.7. The summed E-state index contributed by atoms with van der Waals surface area (Å²) >= 11 is 0. The van der Waals surface area contributed by atoms with E-state index in [-0.39, 0.29) is 17.4 Å². The third-order valence-electron chi connectivity index (χ3n) is 6.22. The second-order valence-electron chi connectivity index (χ2n) is 9.33. The number of aliphatic carboxylic acids is 2. The number of carbonyl (C=O) groups is 3. The van der Waals surface area contributed by atoms with E-state index in [1.54, 1.807) is 0 Å². The standard InChI is InChI=1S/C19H27N3O2.2C2HF3O2/c23-18(21-12-15-3-4-15)17-10-19(24-14-17)5-8-22(9-6-19)13-16-2-1-7-20-11-16;2*3-2(4,5)1(6)7/h1-2,7,11,15,17H,3-6,8-10,12-14H2,(H,21,23);2*(H,6,7). The van der Waals surface area contributed by atoms with Crippen molar-refractivity contribution in [3.8, 4) is 0 Å². The van der Waals surface area contributed by atoms with Gasteiger partial charge >= 0.3 is 24.3 Å². The van der Waals surface area contributed by atoms with Gasteiger partial charge in [-0.15, -0.1) is 0 Å². The summed E-state index contributed by atoms with van der Waals surface area (Å²) in [5.74, 6) is -4.52. The number of likely N-dealkylation sites (tertiary alicyclic amines) is 1. The van der Waals surface area contributed by atoms with Crippen LogP contribution in [0.15, 0.2) is 24.5 Å². The van der Waals surface area contributed by atoms with Gasteiger partial charge in [0.2, 0.25) is 5.91 Å². The molecule has 0 aromatic carbocycles. The van der Waals surface area contributed by atoms with Gasteiger partial charge in [-0.2, -0.15) is 26.3 Å². The lowest BCUT2D eigenvalue weighted by Crippen LogP contribution is -2.44. The largest absolute Gasteiger partial charge is 0.490 e. The highest BCUT2D eigenvalue weighted by Gasteiger charge is 2.45. The van der Waals surface area contributed by atoms with Crippen LogP contribution in [0.3, 0.4) is 0 Å². The third-order valence-corrected chi connectivity index (χ3v) is 6.22. The molecular formula is C23H29F6N3O6. The number of nitrogens with one attached hydrogen (secondary N) is 1. The molecule has 0 radical (unpaired) electrons. The summed E-state index contributed by atoms with van der Waals surface area (Å²) in [5.41, 5.74) is 1.20.